The van der Waals surface area contributed by atoms with Gasteiger partial charge >= 0.3 is 0 Å². The molecule has 0 bridgehead atoms. The highest BCUT2D eigenvalue weighted by Gasteiger charge is 2.38. The van der Waals surface area contributed by atoms with Crippen LogP contribution in [0.4, 0.5) is 5.69 Å². The van der Waals surface area contributed by atoms with E-state index in [0.717, 1.165) is 33.6 Å². The van der Waals surface area contributed by atoms with Gasteiger partial charge in [0.15, 0.2) is 0 Å². The van der Waals surface area contributed by atoms with Gasteiger partial charge in [0.05, 0.1) is 22.4 Å². The Morgan fingerprint density at radius 3 is 2.15 bits per heavy atom. The van der Waals surface area contributed by atoms with Crippen molar-refractivity contribution in [2.24, 2.45) is 4.99 Å². The van der Waals surface area contributed by atoms with Crippen LogP contribution < -0.4 is 0 Å². The van der Waals surface area contributed by atoms with Crippen LogP contribution in [0.25, 0.3) is 49.4 Å². The second-order valence-electron chi connectivity index (χ2n) is 11.1. The summed E-state index contributed by atoms with van der Waals surface area (Å²) in [5.41, 5.74) is 10.3. The standard InChI is InChI=1S/C37H27N3/c1-37(2)34-32(39-36(37)25-10-4-3-5-11-25)21-20-30-29-14-8-9-15-33(29)40(35(30)34)27-18-16-24(17-19-27)31-23-38-22-26-12-6-7-13-28(26)31/h3-23H,1-2H3. The number of fused-ring (bicyclic) bond motifs is 6. The van der Waals surface area contributed by atoms with Gasteiger partial charge in [0.25, 0.3) is 0 Å². The molecule has 0 unspecified atom stereocenters. The summed E-state index contributed by atoms with van der Waals surface area (Å²) in [5, 5.41) is 4.88. The quantitative estimate of drug-likeness (QED) is 0.231. The number of pyridine rings is 1. The minimum atomic E-state index is -0.253. The molecule has 5 aromatic carbocycles. The molecule has 1 aliphatic rings. The molecule has 0 spiro atoms. The van der Waals surface area contributed by atoms with Crippen molar-refractivity contribution >= 4 is 44.0 Å². The summed E-state index contributed by atoms with van der Waals surface area (Å²) in [4.78, 5) is 9.72. The lowest BCUT2D eigenvalue weighted by Crippen LogP contribution is -2.27. The van der Waals surface area contributed by atoms with Gasteiger partial charge in [-0.3, -0.25) is 9.98 Å². The van der Waals surface area contributed by atoms with E-state index >= 15 is 0 Å². The molecular formula is C37H27N3. The van der Waals surface area contributed by atoms with Crippen LogP contribution in [0.3, 0.4) is 0 Å². The lowest BCUT2D eigenvalue weighted by molar-refractivity contribution is 0.741. The summed E-state index contributed by atoms with van der Waals surface area (Å²) < 4.78 is 2.43. The SMILES string of the molecule is CC1(C)C(c2ccccc2)=Nc2ccc3c4ccccc4n(-c4ccc(-c5cncc6ccccc56)cc4)c3c21. The van der Waals surface area contributed by atoms with Gasteiger partial charge in [-0.05, 0) is 54.6 Å². The second-order valence-corrected chi connectivity index (χ2v) is 11.1. The molecule has 8 rings (SSSR count). The van der Waals surface area contributed by atoms with E-state index in [-0.39, 0.29) is 5.41 Å². The van der Waals surface area contributed by atoms with Gasteiger partial charge in [0.2, 0.25) is 0 Å². The van der Waals surface area contributed by atoms with E-state index in [9.17, 15) is 0 Å². The van der Waals surface area contributed by atoms with Crippen LogP contribution in [0.15, 0.2) is 133 Å². The van der Waals surface area contributed by atoms with E-state index in [0.29, 0.717) is 0 Å². The molecule has 0 fully saturated rings. The van der Waals surface area contributed by atoms with E-state index in [2.05, 4.69) is 139 Å². The number of hydrogen-bond donors (Lipinski definition) is 0. The zero-order valence-corrected chi connectivity index (χ0v) is 22.5. The van der Waals surface area contributed by atoms with Crippen molar-refractivity contribution in [1.82, 2.24) is 9.55 Å². The van der Waals surface area contributed by atoms with Gasteiger partial charge < -0.3 is 4.57 Å². The Labute approximate surface area is 233 Å². The fourth-order valence-corrected chi connectivity index (χ4v) is 6.56. The number of hydrogen-bond acceptors (Lipinski definition) is 2. The number of benzene rings is 5. The molecule has 0 radical (unpaired) electrons. The first-order chi connectivity index (χ1) is 19.6. The van der Waals surface area contributed by atoms with Gasteiger partial charge in [-0.1, -0.05) is 91.0 Å². The molecule has 3 heteroatoms. The summed E-state index contributed by atoms with van der Waals surface area (Å²) in [6.07, 6.45) is 3.90. The van der Waals surface area contributed by atoms with Gasteiger partial charge in [-0.25, -0.2) is 0 Å². The average molecular weight is 514 g/mol. The molecule has 3 nitrogen and oxygen atoms in total. The van der Waals surface area contributed by atoms with Crippen LogP contribution in [0.1, 0.15) is 25.0 Å². The van der Waals surface area contributed by atoms with Crippen molar-refractivity contribution in [3.05, 3.63) is 139 Å². The van der Waals surface area contributed by atoms with Crippen molar-refractivity contribution in [2.45, 2.75) is 19.3 Å². The van der Waals surface area contributed by atoms with Gasteiger partial charge in [-0.2, -0.15) is 0 Å². The molecule has 40 heavy (non-hydrogen) atoms. The molecule has 0 N–H and O–H groups in total. The molecular weight excluding hydrogens is 486 g/mol. The summed E-state index contributed by atoms with van der Waals surface area (Å²) >= 11 is 0. The van der Waals surface area contributed by atoms with Crippen LogP contribution >= 0.6 is 0 Å². The fraction of sp³-hybridized carbons (Fsp3) is 0.0811. The summed E-state index contributed by atoms with van der Waals surface area (Å²) in [6, 6.07) is 41.1. The molecule has 0 saturated carbocycles. The maximum absolute atomic E-state index is 5.21. The third-order valence-corrected chi connectivity index (χ3v) is 8.42. The number of nitrogens with zero attached hydrogens (tertiary/aromatic N) is 3. The maximum Gasteiger partial charge on any atom is 0.0696 e. The first-order valence-electron chi connectivity index (χ1n) is 13.8. The predicted molar refractivity (Wildman–Crippen MR) is 167 cm³/mol. The zero-order valence-electron chi connectivity index (χ0n) is 22.5. The molecule has 2 aromatic heterocycles. The lowest BCUT2D eigenvalue weighted by atomic mass is 9.78. The number of aromatic nitrogens is 2. The molecule has 190 valence electrons. The first kappa shape index (κ1) is 22.9. The molecule has 0 aliphatic carbocycles. The normalized spacial score (nSPS) is 14.1. The number of rotatable bonds is 3. The molecule has 3 heterocycles. The van der Waals surface area contributed by atoms with Crippen molar-refractivity contribution in [3.63, 3.8) is 0 Å². The Balaban J connectivity index is 1.35. The molecule has 7 aromatic rings. The predicted octanol–water partition coefficient (Wildman–Crippen LogP) is 9.41. The largest absolute Gasteiger partial charge is 0.309 e. The van der Waals surface area contributed by atoms with Crippen molar-refractivity contribution in [2.75, 3.05) is 0 Å². The lowest BCUT2D eigenvalue weighted by Gasteiger charge is -2.24. The molecule has 0 saturated heterocycles. The summed E-state index contributed by atoms with van der Waals surface area (Å²) in [5.74, 6) is 0. The molecule has 1 aliphatic heterocycles. The van der Waals surface area contributed by atoms with E-state index in [1.54, 1.807) is 0 Å². The van der Waals surface area contributed by atoms with Crippen LogP contribution in [-0.2, 0) is 5.41 Å². The van der Waals surface area contributed by atoms with Crippen molar-refractivity contribution in [1.29, 1.82) is 0 Å². The van der Waals surface area contributed by atoms with Crippen LogP contribution in [-0.4, -0.2) is 15.3 Å². The topological polar surface area (TPSA) is 30.2 Å². The molecule has 0 atom stereocenters. The van der Waals surface area contributed by atoms with Crippen molar-refractivity contribution < 1.29 is 0 Å². The molecule has 0 amide bonds. The minimum Gasteiger partial charge on any atom is -0.309 e. The summed E-state index contributed by atoms with van der Waals surface area (Å²) in [7, 11) is 0. The third-order valence-electron chi connectivity index (χ3n) is 8.42. The smallest absolute Gasteiger partial charge is 0.0696 e. The van der Waals surface area contributed by atoms with Crippen molar-refractivity contribution in [3.8, 4) is 16.8 Å². The monoisotopic (exact) mass is 513 g/mol. The Bertz CT molecular complexity index is 2110. The summed E-state index contributed by atoms with van der Waals surface area (Å²) in [6.45, 7) is 4.62. The Morgan fingerprint density at radius 2 is 1.32 bits per heavy atom. The van der Waals surface area contributed by atoms with Gasteiger partial charge in [0, 0.05) is 50.8 Å². The van der Waals surface area contributed by atoms with Crippen LogP contribution in [0.2, 0.25) is 0 Å². The average Bonchev–Trinajstić information content (AvgIpc) is 3.48. The fourth-order valence-electron chi connectivity index (χ4n) is 6.56. The zero-order chi connectivity index (χ0) is 26.8. The Hall–Kier alpha value is -5.02. The maximum atomic E-state index is 5.21. The van der Waals surface area contributed by atoms with E-state index in [1.807, 2.05) is 12.4 Å². The Kier molecular flexibility index (Phi) is 4.86. The minimum absolute atomic E-state index is 0.253. The Morgan fingerprint density at radius 1 is 0.600 bits per heavy atom. The van der Waals surface area contributed by atoms with Crippen LogP contribution in [0.5, 0.6) is 0 Å². The highest BCUT2D eigenvalue weighted by molar-refractivity contribution is 6.19. The number of aliphatic imine (C=N–C) groups is 1. The van der Waals surface area contributed by atoms with E-state index in [4.69, 9.17) is 4.99 Å². The van der Waals surface area contributed by atoms with Gasteiger partial charge in [0.1, 0.15) is 0 Å². The third kappa shape index (κ3) is 3.24. The van der Waals surface area contributed by atoms with E-state index < -0.39 is 0 Å². The highest BCUT2D eigenvalue weighted by Crippen LogP contribution is 2.48. The van der Waals surface area contributed by atoms with E-state index in [1.165, 1.54) is 38.3 Å². The first-order valence-corrected chi connectivity index (χ1v) is 13.8. The van der Waals surface area contributed by atoms with Gasteiger partial charge in [-0.15, -0.1) is 0 Å². The highest BCUT2D eigenvalue weighted by atomic mass is 15.0. The van der Waals surface area contributed by atoms with Crippen LogP contribution in [0, 0.1) is 0 Å². The number of para-hydroxylation sites is 1. The second kappa shape index (κ2) is 8.49.